The van der Waals surface area contributed by atoms with Crippen LogP contribution in [0.5, 0.6) is 5.88 Å². The summed E-state index contributed by atoms with van der Waals surface area (Å²) >= 11 is 6.32. The molecule has 0 spiro atoms. The summed E-state index contributed by atoms with van der Waals surface area (Å²) in [6, 6.07) is 13.8. The fourth-order valence-corrected chi connectivity index (χ4v) is 6.46. The average molecular weight is 541 g/mol. The minimum Gasteiger partial charge on any atom is -0.481 e. The third kappa shape index (κ3) is 4.88. The Hall–Kier alpha value is -3.23. The van der Waals surface area contributed by atoms with Crippen molar-refractivity contribution in [2.45, 2.75) is 38.0 Å². The van der Waals surface area contributed by atoms with Crippen LogP contribution in [0, 0.1) is 5.82 Å². The lowest BCUT2D eigenvalue weighted by molar-refractivity contribution is 0.101. The third-order valence-corrected chi connectivity index (χ3v) is 9.09. The van der Waals surface area contributed by atoms with Gasteiger partial charge in [0.25, 0.3) is 0 Å². The number of aromatic nitrogens is 2. The SMILES string of the molecule is CCc1ccc2c(c1)c(-c1cc(Cl)cnc1OC)c(C(=O)CS(=O)(=O)C1CC1)n2Cc1ccccc1F. The second kappa shape index (κ2) is 9.91. The number of hydrogen-bond donors (Lipinski definition) is 0. The molecule has 6 nitrogen and oxygen atoms in total. The van der Waals surface area contributed by atoms with Gasteiger partial charge < -0.3 is 9.30 Å². The molecule has 0 saturated heterocycles. The van der Waals surface area contributed by atoms with Crippen LogP contribution in [-0.4, -0.2) is 41.9 Å². The number of ether oxygens (including phenoxy) is 1. The number of nitrogens with zero attached hydrogens (tertiary/aromatic N) is 2. The van der Waals surface area contributed by atoms with Gasteiger partial charge in [0.15, 0.2) is 15.6 Å². The molecule has 2 aromatic heterocycles. The summed E-state index contributed by atoms with van der Waals surface area (Å²) in [5.74, 6) is -1.36. The second-order valence-electron chi connectivity index (χ2n) is 9.25. The first-order valence-corrected chi connectivity index (χ1v) is 14.2. The Kier molecular flexibility index (Phi) is 6.81. The van der Waals surface area contributed by atoms with Gasteiger partial charge in [0.05, 0.1) is 29.6 Å². The van der Waals surface area contributed by atoms with E-state index in [1.807, 2.05) is 25.1 Å². The van der Waals surface area contributed by atoms with Crippen molar-refractivity contribution in [1.82, 2.24) is 9.55 Å². The molecule has 1 saturated carbocycles. The van der Waals surface area contributed by atoms with Crippen LogP contribution < -0.4 is 4.74 Å². The average Bonchev–Trinajstić information content (AvgIpc) is 3.69. The van der Waals surface area contributed by atoms with E-state index in [1.54, 1.807) is 28.8 Å². The fraction of sp³-hybridized carbons (Fsp3) is 0.286. The Bertz CT molecular complexity index is 1630. The van der Waals surface area contributed by atoms with Crippen molar-refractivity contribution in [3.05, 3.63) is 82.4 Å². The number of halogens is 2. The molecule has 2 heterocycles. The molecule has 37 heavy (non-hydrogen) atoms. The van der Waals surface area contributed by atoms with E-state index >= 15 is 0 Å². The molecule has 4 aromatic rings. The first-order valence-electron chi connectivity index (χ1n) is 12.1. The Morgan fingerprint density at radius 2 is 1.95 bits per heavy atom. The van der Waals surface area contributed by atoms with Gasteiger partial charge in [-0.1, -0.05) is 42.8 Å². The predicted octanol–water partition coefficient (Wildman–Crippen LogP) is 5.88. The fourth-order valence-electron chi connectivity index (χ4n) is 4.71. The number of methoxy groups -OCH3 is 1. The zero-order valence-corrected chi connectivity index (χ0v) is 22.1. The monoisotopic (exact) mass is 540 g/mol. The maximum absolute atomic E-state index is 14.8. The van der Waals surface area contributed by atoms with Crippen LogP contribution in [0.3, 0.4) is 0 Å². The number of benzene rings is 2. The first kappa shape index (κ1) is 25.4. The number of sulfone groups is 1. The second-order valence-corrected chi connectivity index (χ2v) is 12.0. The first-order chi connectivity index (χ1) is 17.7. The summed E-state index contributed by atoms with van der Waals surface area (Å²) in [7, 11) is -2.15. The van der Waals surface area contributed by atoms with Gasteiger partial charge in [-0.25, -0.2) is 17.8 Å². The van der Waals surface area contributed by atoms with E-state index in [0.29, 0.717) is 45.5 Å². The van der Waals surface area contributed by atoms with Gasteiger partial charge in [0, 0.05) is 33.8 Å². The molecule has 0 aliphatic heterocycles. The Morgan fingerprint density at radius 1 is 1.19 bits per heavy atom. The number of hydrogen-bond acceptors (Lipinski definition) is 5. The van der Waals surface area contributed by atoms with Crippen LogP contribution in [-0.2, 0) is 22.8 Å². The summed E-state index contributed by atoms with van der Waals surface area (Å²) in [6.07, 6.45) is 3.32. The number of pyridine rings is 1. The van der Waals surface area contributed by atoms with Crippen LogP contribution in [0.1, 0.15) is 41.4 Å². The van der Waals surface area contributed by atoms with Crippen molar-refractivity contribution in [2.24, 2.45) is 0 Å². The highest BCUT2D eigenvalue weighted by Gasteiger charge is 2.38. The standard InChI is InChI=1S/C28H26ClFN2O4S/c1-3-17-8-11-24-21(12-17)26(22-13-19(29)14-31-28(22)36-2)27(25(33)16-37(34,35)20-9-10-20)32(24)15-18-6-4-5-7-23(18)30/h4-8,11-14,20H,3,9-10,15-16H2,1-2H3. The molecule has 0 radical (unpaired) electrons. The molecule has 2 aromatic carbocycles. The van der Waals surface area contributed by atoms with Gasteiger partial charge in [-0.15, -0.1) is 0 Å². The zero-order valence-electron chi connectivity index (χ0n) is 20.5. The van der Waals surface area contributed by atoms with E-state index in [4.69, 9.17) is 16.3 Å². The Morgan fingerprint density at radius 3 is 2.62 bits per heavy atom. The summed E-state index contributed by atoms with van der Waals surface area (Å²) in [5, 5.41) is 0.560. The molecule has 192 valence electrons. The van der Waals surface area contributed by atoms with Crippen LogP contribution in [0.15, 0.2) is 54.7 Å². The number of ketones is 1. The number of aryl methyl sites for hydroxylation is 1. The molecule has 1 aliphatic rings. The third-order valence-electron chi connectivity index (χ3n) is 6.73. The van der Waals surface area contributed by atoms with Crippen molar-refractivity contribution < 1.29 is 22.3 Å². The predicted molar refractivity (Wildman–Crippen MR) is 143 cm³/mol. The highest BCUT2D eigenvalue weighted by Crippen LogP contribution is 2.41. The van der Waals surface area contributed by atoms with Crippen LogP contribution in [0.25, 0.3) is 22.0 Å². The molecule has 1 aliphatic carbocycles. The topological polar surface area (TPSA) is 78.3 Å². The van der Waals surface area contributed by atoms with Gasteiger partial charge in [0.1, 0.15) is 11.6 Å². The smallest absolute Gasteiger partial charge is 0.221 e. The highest BCUT2D eigenvalue weighted by molar-refractivity contribution is 7.93. The molecule has 0 atom stereocenters. The summed E-state index contributed by atoms with van der Waals surface area (Å²) < 4.78 is 47.8. The quantitative estimate of drug-likeness (QED) is 0.248. The zero-order chi connectivity index (χ0) is 26.3. The lowest BCUT2D eigenvalue weighted by atomic mass is 9.99. The summed E-state index contributed by atoms with van der Waals surface area (Å²) in [6.45, 7) is 2.06. The van der Waals surface area contributed by atoms with Gasteiger partial charge in [0.2, 0.25) is 5.88 Å². The molecule has 1 fully saturated rings. The minimum atomic E-state index is -3.62. The van der Waals surface area contributed by atoms with Crippen LogP contribution >= 0.6 is 11.6 Å². The van der Waals surface area contributed by atoms with E-state index in [9.17, 15) is 17.6 Å². The minimum absolute atomic E-state index is 0.0372. The van der Waals surface area contributed by atoms with Crippen molar-refractivity contribution in [1.29, 1.82) is 0 Å². The lowest BCUT2D eigenvalue weighted by Gasteiger charge is -2.14. The lowest BCUT2D eigenvalue weighted by Crippen LogP contribution is -2.23. The Labute approximate surface area is 220 Å². The van der Waals surface area contributed by atoms with E-state index in [2.05, 4.69) is 4.98 Å². The van der Waals surface area contributed by atoms with E-state index < -0.39 is 32.4 Å². The number of Topliss-reactive ketones (excluding diaryl/α,β-unsaturated/α-hetero) is 1. The molecule has 0 amide bonds. The van der Waals surface area contributed by atoms with E-state index in [0.717, 1.165) is 12.0 Å². The van der Waals surface area contributed by atoms with E-state index in [-0.39, 0.29) is 18.1 Å². The molecule has 0 bridgehead atoms. The molecule has 5 rings (SSSR count). The van der Waals surface area contributed by atoms with Crippen molar-refractivity contribution >= 4 is 38.1 Å². The molecular formula is C28H26ClFN2O4S. The number of carbonyl (C=O) groups is 1. The number of carbonyl (C=O) groups excluding carboxylic acids is 1. The van der Waals surface area contributed by atoms with Gasteiger partial charge in [-0.2, -0.15) is 0 Å². The molecule has 9 heteroatoms. The Balaban J connectivity index is 1.84. The van der Waals surface area contributed by atoms with Crippen molar-refractivity contribution in [2.75, 3.05) is 12.9 Å². The van der Waals surface area contributed by atoms with Gasteiger partial charge in [-0.05, 0) is 49.1 Å². The maximum atomic E-state index is 14.8. The van der Waals surface area contributed by atoms with Gasteiger partial charge >= 0.3 is 0 Å². The summed E-state index contributed by atoms with van der Waals surface area (Å²) in [5.41, 5.74) is 3.18. The van der Waals surface area contributed by atoms with Crippen LogP contribution in [0.2, 0.25) is 5.02 Å². The van der Waals surface area contributed by atoms with Crippen molar-refractivity contribution in [3.63, 3.8) is 0 Å². The van der Waals surface area contributed by atoms with Crippen LogP contribution in [0.4, 0.5) is 4.39 Å². The largest absolute Gasteiger partial charge is 0.481 e. The highest BCUT2D eigenvalue weighted by atomic mass is 35.5. The number of rotatable bonds is 9. The van der Waals surface area contributed by atoms with Crippen molar-refractivity contribution in [3.8, 4) is 17.0 Å². The normalized spacial score (nSPS) is 13.7. The molecular weight excluding hydrogens is 515 g/mol. The van der Waals surface area contributed by atoms with E-state index in [1.165, 1.54) is 19.4 Å². The maximum Gasteiger partial charge on any atom is 0.221 e. The molecule has 0 unspecified atom stereocenters. The molecule has 0 N–H and O–H groups in total. The number of fused-ring (bicyclic) bond motifs is 1. The van der Waals surface area contributed by atoms with Gasteiger partial charge in [-0.3, -0.25) is 4.79 Å². The summed E-state index contributed by atoms with van der Waals surface area (Å²) in [4.78, 5) is 18.2.